The molecule has 1 saturated heterocycles. The summed E-state index contributed by atoms with van der Waals surface area (Å²) in [4.78, 5) is 30.2. The number of hydrogen-bond donors (Lipinski definition) is 1. The van der Waals surface area contributed by atoms with Crippen molar-refractivity contribution in [2.45, 2.75) is 12.6 Å². The van der Waals surface area contributed by atoms with Crippen molar-refractivity contribution in [2.24, 2.45) is 0 Å². The van der Waals surface area contributed by atoms with Crippen LogP contribution >= 0.6 is 0 Å². The second kappa shape index (κ2) is 10.0. The Hall–Kier alpha value is -4.66. The van der Waals surface area contributed by atoms with Crippen LogP contribution < -0.4 is 23.8 Å². The van der Waals surface area contributed by atoms with E-state index in [0.717, 1.165) is 11.3 Å². The van der Waals surface area contributed by atoms with Crippen molar-refractivity contribution in [2.75, 3.05) is 40.0 Å². The number of aliphatic hydroxyl groups is 1. The van der Waals surface area contributed by atoms with Gasteiger partial charge in [0.05, 0.1) is 25.8 Å². The number of carbonyl (C=O) groups excluding carboxylic acids is 2. The first-order chi connectivity index (χ1) is 18.3. The van der Waals surface area contributed by atoms with E-state index in [-0.39, 0.29) is 24.7 Å². The number of ether oxygens (including phenoxy) is 4. The van der Waals surface area contributed by atoms with Gasteiger partial charge < -0.3 is 33.9 Å². The van der Waals surface area contributed by atoms with Gasteiger partial charge in [0.25, 0.3) is 11.7 Å². The van der Waals surface area contributed by atoms with Crippen molar-refractivity contribution >= 4 is 23.1 Å². The van der Waals surface area contributed by atoms with Gasteiger partial charge in [-0.05, 0) is 53.6 Å². The molecule has 1 amide bonds. The molecule has 2 aliphatic rings. The minimum absolute atomic E-state index is 0.000524. The highest BCUT2D eigenvalue weighted by atomic mass is 16.7. The van der Waals surface area contributed by atoms with Crippen molar-refractivity contribution in [3.63, 3.8) is 0 Å². The van der Waals surface area contributed by atoms with Crippen LogP contribution in [-0.2, 0) is 16.1 Å². The van der Waals surface area contributed by atoms with E-state index >= 15 is 0 Å². The Morgan fingerprint density at radius 2 is 1.66 bits per heavy atom. The second-order valence-electron chi connectivity index (χ2n) is 9.17. The minimum Gasteiger partial charge on any atom is -0.507 e. The Morgan fingerprint density at radius 3 is 2.34 bits per heavy atom. The van der Waals surface area contributed by atoms with Gasteiger partial charge in [0.2, 0.25) is 6.79 Å². The van der Waals surface area contributed by atoms with E-state index in [2.05, 4.69) is 0 Å². The topological polar surface area (TPSA) is 97.8 Å². The highest BCUT2D eigenvalue weighted by Crippen LogP contribution is 2.42. The zero-order chi connectivity index (χ0) is 27.0. The van der Waals surface area contributed by atoms with Gasteiger partial charge in [-0.15, -0.1) is 0 Å². The molecule has 1 fully saturated rings. The number of nitrogens with zero attached hydrogens (tertiary/aromatic N) is 2. The molecule has 0 aliphatic carbocycles. The molecule has 3 aromatic carbocycles. The third-order valence-corrected chi connectivity index (χ3v) is 6.71. The maximum atomic E-state index is 13.4. The van der Waals surface area contributed by atoms with Crippen LogP contribution in [0.25, 0.3) is 5.76 Å². The molecule has 2 heterocycles. The smallest absolute Gasteiger partial charge is 0.295 e. The van der Waals surface area contributed by atoms with Crippen LogP contribution in [0.4, 0.5) is 5.69 Å². The van der Waals surface area contributed by atoms with Gasteiger partial charge in [0.15, 0.2) is 23.0 Å². The van der Waals surface area contributed by atoms with Crippen LogP contribution in [0, 0.1) is 0 Å². The van der Waals surface area contributed by atoms with Crippen LogP contribution in [0.3, 0.4) is 0 Å². The molecule has 1 atom stereocenters. The molecule has 0 aromatic heterocycles. The van der Waals surface area contributed by atoms with E-state index in [1.165, 1.54) is 19.1 Å². The van der Waals surface area contributed by atoms with Crippen molar-refractivity contribution in [1.82, 2.24) is 4.90 Å². The standard InChI is InChI=1S/C29H28N2O7/c1-30(2)20-9-6-18(7-10-20)26-25(27(32)19-8-12-21(35-3)23(14-19)36-4)28(33)29(34)31(26)15-17-5-11-22-24(13-17)38-16-37-22/h5-14,26,32H,15-16H2,1-4H3/b27-25+. The number of likely N-dealkylation sites (tertiary alicyclic amines) is 1. The molecule has 9 nitrogen and oxygen atoms in total. The molecule has 38 heavy (non-hydrogen) atoms. The van der Waals surface area contributed by atoms with Crippen LogP contribution in [-0.4, -0.2) is 56.8 Å². The zero-order valence-electron chi connectivity index (χ0n) is 21.6. The first-order valence-corrected chi connectivity index (χ1v) is 12.0. The van der Waals surface area contributed by atoms with Gasteiger partial charge in [0.1, 0.15) is 5.76 Å². The highest BCUT2D eigenvalue weighted by Gasteiger charge is 2.46. The summed E-state index contributed by atoms with van der Waals surface area (Å²) in [5.74, 6) is 0.308. The number of methoxy groups -OCH3 is 2. The molecule has 5 rings (SSSR count). The summed E-state index contributed by atoms with van der Waals surface area (Å²) in [6, 6.07) is 17.0. The van der Waals surface area contributed by atoms with E-state index in [4.69, 9.17) is 18.9 Å². The molecule has 1 unspecified atom stereocenters. The number of amides is 1. The number of carbonyl (C=O) groups is 2. The number of benzene rings is 3. The quantitative estimate of drug-likeness (QED) is 0.285. The number of rotatable bonds is 7. The Balaban J connectivity index is 1.62. The first-order valence-electron chi connectivity index (χ1n) is 12.0. The summed E-state index contributed by atoms with van der Waals surface area (Å²) in [6.45, 7) is 0.261. The lowest BCUT2D eigenvalue weighted by atomic mass is 9.94. The molecule has 3 aromatic rings. The minimum atomic E-state index is -0.815. The zero-order valence-corrected chi connectivity index (χ0v) is 21.6. The summed E-state index contributed by atoms with van der Waals surface area (Å²) < 4.78 is 21.6. The third kappa shape index (κ3) is 4.36. The van der Waals surface area contributed by atoms with E-state index in [1.807, 2.05) is 49.3 Å². The van der Waals surface area contributed by atoms with Crippen molar-refractivity contribution < 1.29 is 33.6 Å². The lowest BCUT2D eigenvalue weighted by Crippen LogP contribution is -2.29. The SMILES string of the molecule is COc1ccc(/C(O)=C2\C(=O)C(=O)N(Cc3ccc4c(c3)OCO4)C2c2ccc(N(C)C)cc2)cc1OC. The Labute approximate surface area is 220 Å². The van der Waals surface area contributed by atoms with Gasteiger partial charge >= 0.3 is 0 Å². The molecule has 0 radical (unpaired) electrons. The fourth-order valence-corrected chi connectivity index (χ4v) is 4.72. The first kappa shape index (κ1) is 25.0. The van der Waals surface area contributed by atoms with E-state index < -0.39 is 17.7 Å². The van der Waals surface area contributed by atoms with Gasteiger partial charge in [-0.2, -0.15) is 0 Å². The second-order valence-corrected chi connectivity index (χ2v) is 9.17. The molecular weight excluding hydrogens is 488 g/mol. The summed E-state index contributed by atoms with van der Waals surface area (Å²) in [5.41, 5.74) is 2.75. The highest BCUT2D eigenvalue weighted by molar-refractivity contribution is 6.46. The normalized spacial score (nSPS) is 17.6. The van der Waals surface area contributed by atoms with Gasteiger partial charge in [0, 0.05) is 31.9 Å². The summed E-state index contributed by atoms with van der Waals surface area (Å²) >= 11 is 0. The van der Waals surface area contributed by atoms with E-state index in [1.54, 1.807) is 30.3 Å². The Morgan fingerprint density at radius 1 is 0.947 bits per heavy atom. The molecule has 0 saturated carbocycles. The summed E-state index contributed by atoms with van der Waals surface area (Å²) in [7, 11) is 6.85. The number of anilines is 1. The maximum absolute atomic E-state index is 13.4. The lowest BCUT2D eigenvalue weighted by Gasteiger charge is -2.26. The van der Waals surface area contributed by atoms with Crippen LogP contribution in [0.5, 0.6) is 23.0 Å². The predicted octanol–water partition coefficient (Wildman–Crippen LogP) is 4.12. The van der Waals surface area contributed by atoms with Crippen molar-refractivity contribution in [3.8, 4) is 23.0 Å². The lowest BCUT2D eigenvalue weighted by molar-refractivity contribution is -0.140. The molecule has 196 valence electrons. The fourth-order valence-electron chi connectivity index (χ4n) is 4.72. The molecular formula is C29H28N2O7. The van der Waals surface area contributed by atoms with E-state index in [0.29, 0.717) is 34.1 Å². The average molecular weight is 517 g/mol. The van der Waals surface area contributed by atoms with Gasteiger partial charge in [-0.1, -0.05) is 18.2 Å². The summed E-state index contributed by atoms with van der Waals surface area (Å²) in [6.07, 6.45) is 0. The predicted molar refractivity (Wildman–Crippen MR) is 141 cm³/mol. The molecule has 2 aliphatic heterocycles. The van der Waals surface area contributed by atoms with Gasteiger partial charge in [-0.3, -0.25) is 9.59 Å². The molecule has 0 bridgehead atoms. The van der Waals surface area contributed by atoms with Crippen LogP contribution in [0.15, 0.2) is 66.2 Å². The Kier molecular flexibility index (Phi) is 6.59. The number of Topliss-reactive ketones (excluding diaryl/α,β-unsaturated/α-hetero) is 1. The van der Waals surface area contributed by atoms with Crippen LogP contribution in [0.2, 0.25) is 0 Å². The largest absolute Gasteiger partial charge is 0.507 e. The average Bonchev–Trinajstić information content (AvgIpc) is 3.50. The summed E-state index contributed by atoms with van der Waals surface area (Å²) in [5, 5.41) is 11.4. The van der Waals surface area contributed by atoms with E-state index in [9.17, 15) is 14.7 Å². The fraction of sp³-hybridized carbons (Fsp3) is 0.241. The molecule has 1 N–H and O–H groups in total. The Bertz CT molecular complexity index is 1430. The molecule has 0 spiro atoms. The van der Waals surface area contributed by atoms with Gasteiger partial charge in [-0.25, -0.2) is 0 Å². The number of ketones is 1. The molecule has 9 heteroatoms. The number of hydrogen-bond acceptors (Lipinski definition) is 8. The monoisotopic (exact) mass is 516 g/mol. The number of fused-ring (bicyclic) bond motifs is 1. The third-order valence-electron chi connectivity index (χ3n) is 6.71. The van der Waals surface area contributed by atoms with Crippen LogP contribution in [0.1, 0.15) is 22.7 Å². The number of aliphatic hydroxyl groups excluding tert-OH is 1. The maximum Gasteiger partial charge on any atom is 0.295 e. The van der Waals surface area contributed by atoms with Crippen molar-refractivity contribution in [3.05, 3.63) is 82.9 Å². The van der Waals surface area contributed by atoms with Crippen molar-refractivity contribution in [1.29, 1.82) is 0 Å².